The lowest BCUT2D eigenvalue weighted by Crippen LogP contribution is -2.28. The first kappa shape index (κ1) is 20.0. The van der Waals surface area contributed by atoms with E-state index >= 15 is 0 Å². The number of carbonyl (C=O) groups is 1. The summed E-state index contributed by atoms with van der Waals surface area (Å²) in [5.41, 5.74) is 1.71. The zero-order valence-electron chi connectivity index (χ0n) is 16.3. The number of rotatable bonds is 7. The molecular weight excluding hydrogens is 372 g/mol. The summed E-state index contributed by atoms with van der Waals surface area (Å²) in [5, 5.41) is 0.694. The van der Waals surface area contributed by atoms with E-state index in [1.54, 1.807) is 12.0 Å². The van der Waals surface area contributed by atoms with Gasteiger partial charge in [-0.2, -0.15) is 0 Å². The molecule has 2 aromatic carbocycles. The topological polar surface area (TPSA) is 51.1 Å². The van der Waals surface area contributed by atoms with Gasteiger partial charge < -0.3 is 9.47 Å². The standard InChI is InChI=1S/C22H24N2O3S/c1-4-13-27-18-12-11-16(14-19(18)26-3)15-20-21(25)24(5-2)22(28-20)23-17-9-7-6-8-10-17/h6-12,14-15H,4-5,13H2,1-3H3/b20-15+,23-22?. The van der Waals surface area contributed by atoms with Crippen LogP contribution in [0, 0.1) is 0 Å². The van der Waals surface area contributed by atoms with Crippen LogP contribution in [-0.2, 0) is 4.79 Å². The molecule has 6 heteroatoms. The van der Waals surface area contributed by atoms with Crippen molar-refractivity contribution in [2.24, 2.45) is 4.99 Å². The van der Waals surface area contributed by atoms with Gasteiger partial charge in [-0.3, -0.25) is 9.69 Å². The Hall–Kier alpha value is -2.73. The van der Waals surface area contributed by atoms with E-state index < -0.39 is 0 Å². The number of nitrogens with zero attached hydrogens (tertiary/aromatic N) is 2. The molecule has 28 heavy (non-hydrogen) atoms. The summed E-state index contributed by atoms with van der Waals surface area (Å²) in [7, 11) is 1.62. The maximum atomic E-state index is 12.8. The molecule has 2 aromatic rings. The lowest BCUT2D eigenvalue weighted by atomic mass is 10.2. The lowest BCUT2D eigenvalue weighted by Gasteiger charge is -2.12. The number of amidine groups is 1. The van der Waals surface area contributed by atoms with Gasteiger partial charge in [-0.25, -0.2) is 4.99 Å². The molecule has 0 unspecified atom stereocenters. The molecule has 0 spiro atoms. The molecule has 1 fully saturated rings. The zero-order chi connectivity index (χ0) is 19.9. The highest BCUT2D eigenvalue weighted by Gasteiger charge is 2.32. The van der Waals surface area contributed by atoms with Crippen LogP contribution in [0.25, 0.3) is 6.08 Å². The van der Waals surface area contributed by atoms with Gasteiger partial charge in [-0.15, -0.1) is 0 Å². The highest BCUT2D eigenvalue weighted by Crippen LogP contribution is 2.35. The molecule has 1 aliphatic rings. The zero-order valence-corrected chi connectivity index (χ0v) is 17.2. The minimum atomic E-state index is -0.0348. The summed E-state index contributed by atoms with van der Waals surface area (Å²) in [4.78, 5) is 19.8. The number of benzene rings is 2. The van der Waals surface area contributed by atoms with Gasteiger partial charge in [0.05, 0.1) is 24.3 Å². The summed E-state index contributed by atoms with van der Waals surface area (Å²) in [5.74, 6) is 1.33. The van der Waals surface area contributed by atoms with E-state index in [1.165, 1.54) is 11.8 Å². The van der Waals surface area contributed by atoms with Gasteiger partial charge in [-0.05, 0) is 61.0 Å². The second-order valence-corrected chi connectivity index (χ2v) is 7.16. The normalized spacial score (nSPS) is 16.8. The van der Waals surface area contributed by atoms with Crippen molar-refractivity contribution in [3.05, 3.63) is 59.0 Å². The molecule has 146 valence electrons. The molecule has 0 radical (unpaired) electrons. The molecule has 0 saturated carbocycles. The summed E-state index contributed by atoms with van der Waals surface area (Å²) in [6.45, 7) is 5.21. The Labute approximate surface area is 170 Å². The van der Waals surface area contributed by atoms with Crippen LogP contribution < -0.4 is 9.47 Å². The van der Waals surface area contributed by atoms with Crippen LogP contribution in [0.4, 0.5) is 5.69 Å². The third kappa shape index (κ3) is 4.57. The number of ether oxygens (including phenoxy) is 2. The van der Waals surface area contributed by atoms with Crippen molar-refractivity contribution in [3.63, 3.8) is 0 Å². The van der Waals surface area contributed by atoms with Crippen LogP contribution in [0.2, 0.25) is 0 Å². The number of para-hydroxylation sites is 1. The first-order valence-corrected chi connectivity index (χ1v) is 10.1. The van der Waals surface area contributed by atoms with Gasteiger partial charge in [0.1, 0.15) is 0 Å². The number of thioether (sulfide) groups is 1. The molecule has 0 aromatic heterocycles. The third-order valence-electron chi connectivity index (χ3n) is 4.13. The van der Waals surface area contributed by atoms with Crippen LogP contribution in [0.15, 0.2) is 58.4 Å². The number of carbonyl (C=O) groups excluding carboxylic acids is 1. The number of likely N-dealkylation sites (N-methyl/N-ethyl adjacent to an activating group) is 1. The summed E-state index contributed by atoms with van der Waals surface area (Å²) in [6.07, 6.45) is 2.80. The molecule has 1 heterocycles. The van der Waals surface area contributed by atoms with E-state index in [4.69, 9.17) is 9.47 Å². The van der Waals surface area contributed by atoms with E-state index in [0.29, 0.717) is 34.7 Å². The average Bonchev–Trinajstić information content (AvgIpc) is 3.01. The smallest absolute Gasteiger partial charge is 0.266 e. The third-order valence-corrected chi connectivity index (χ3v) is 5.14. The highest BCUT2D eigenvalue weighted by atomic mass is 32.2. The van der Waals surface area contributed by atoms with E-state index in [-0.39, 0.29) is 5.91 Å². The average molecular weight is 397 g/mol. The predicted octanol–water partition coefficient (Wildman–Crippen LogP) is 5.11. The molecule has 1 aliphatic heterocycles. The van der Waals surface area contributed by atoms with Crippen molar-refractivity contribution in [2.45, 2.75) is 20.3 Å². The van der Waals surface area contributed by atoms with Crippen LogP contribution in [0.5, 0.6) is 11.5 Å². The molecule has 1 amide bonds. The van der Waals surface area contributed by atoms with Gasteiger partial charge in [0, 0.05) is 6.54 Å². The number of hydrogen-bond donors (Lipinski definition) is 0. The van der Waals surface area contributed by atoms with E-state index in [1.807, 2.05) is 61.5 Å². The maximum Gasteiger partial charge on any atom is 0.266 e. The Morgan fingerprint density at radius 2 is 1.89 bits per heavy atom. The fraction of sp³-hybridized carbons (Fsp3) is 0.273. The van der Waals surface area contributed by atoms with Crippen LogP contribution in [0.1, 0.15) is 25.8 Å². The van der Waals surface area contributed by atoms with Gasteiger partial charge in [0.15, 0.2) is 16.7 Å². The quantitative estimate of drug-likeness (QED) is 0.611. The Morgan fingerprint density at radius 1 is 1.11 bits per heavy atom. The van der Waals surface area contributed by atoms with Crippen molar-refractivity contribution in [1.82, 2.24) is 4.90 Å². The molecule has 1 saturated heterocycles. The van der Waals surface area contributed by atoms with Gasteiger partial charge >= 0.3 is 0 Å². The minimum Gasteiger partial charge on any atom is -0.493 e. The SMILES string of the molecule is CCCOc1ccc(/C=C2/SC(=Nc3ccccc3)N(CC)C2=O)cc1OC. The van der Waals surface area contributed by atoms with Crippen LogP contribution >= 0.6 is 11.8 Å². The largest absolute Gasteiger partial charge is 0.493 e. The Balaban J connectivity index is 1.88. The predicted molar refractivity (Wildman–Crippen MR) is 115 cm³/mol. The number of aliphatic imine (C=N–C) groups is 1. The lowest BCUT2D eigenvalue weighted by molar-refractivity contribution is -0.122. The van der Waals surface area contributed by atoms with Crippen molar-refractivity contribution in [3.8, 4) is 11.5 Å². The second-order valence-electron chi connectivity index (χ2n) is 6.15. The van der Waals surface area contributed by atoms with Crippen LogP contribution in [-0.4, -0.2) is 36.2 Å². The number of hydrogen-bond acceptors (Lipinski definition) is 5. The molecule has 0 aliphatic carbocycles. The van der Waals surface area contributed by atoms with Crippen molar-refractivity contribution in [1.29, 1.82) is 0 Å². The van der Waals surface area contributed by atoms with Gasteiger partial charge in [-0.1, -0.05) is 31.2 Å². The van der Waals surface area contributed by atoms with Gasteiger partial charge in [0.25, 0.3) is 5.91 Å². The molecule has 0 N–H and O–H groups in total. The Morgan fingerprint density at radius 3 is 2.57 bits per heavy atom. The van der Waals surface area contributed by atoms with Crippen molar-refractivity contribution < 1.29 is 14.3 Å². The van der Waals surface area contributed by atoms with Crippen molar-refractivity contribution >= 4 is 34.6 Å². The molecule has 0 bridgehead atoms. The monoisotopic (exact) mass is 396 g/mol. The fourth-order valence-electron chi connectivity index (χ4n) is 2.74. The van der Waals surface area contributed by atoms with Crippen LogP contribution in [0.3, 0.4) is 0 Å². The number of methoxy groups -OCH3 is 1. The molecule has 0 atom stereocenters. The second kappa shape index (κ2) is 9.46. The highest BCUT2D eigenvalue weighted by molar-refractivity contribution is 8.18. The molecular formula is C22H24N2O3S. The fourth-order valence-corrected chi connectivity index (χ4v) is 3.80. The maximum absolute atomic E-state index is 12.8. The van der Waals surface area contributed by atoms with E-state index in [2.05, 4.69) is 11.9 Å². The summed E-state index contributed by atoms with van der Waals surface area (Å²) < 4.78 is 11.1. The minimum absolute atomic E-state index is 0.0348. The first-order valence-electron chi connectivity index (χ1n) is 9.32. The molecule has 3 rings (SSSR count). The summed E-state index contributed by atoms with van der Waals surface area (Å²) in [6, 6.07) is 15.3. The Kier molecular flexibility index (Phi) is 6.76. The Bertz CT molecular complexity index is 894. The summed E-state index contributed by atoms with van der Waals surface area (Å²) >= 11 is 1.39. The van der Waals surface area contributed by atoms with E-state index in [0.717, 1.165) is 17.7 Å². The van der Waals surface area contributed by atoms with E-state index in [9.17, 15) is 4.79 Å². The first-order chi connectivity index (χ1) is 13.7. The van der Waals surface area contributed by atoms with Crippen molar-refractivity contribution in [2.75, 3.05) is 20.3 Å². The number of amides is 1. The molecule has 5 nitrogen and oxygen atoms in total. The van der Waals surface area contributed by atoms with Gasteiger partial charge in [0.2, 0.25) is 0 Å².